The SMILES string of the molecule is NC1=CCC=CC=C1c1nc2c(o1)/N=C\C=C/CC2. The molecule has 0 bridgehead atoms. The molecule has 0 radical (unpaired) electrons. The summed E-state index contributed by atoms with van der Waals surface area (Å²) < 4.78 is 5.74. The summed E-state index contributed by atoms with van der Waals surface area (Å²) in [5, 5.41) is 0. The normalized spacial score (nSPS) is 21.5. The Labute approximate surface area is 111 Å². The Kier molecular flexibility index (Phi) is 3.14. The van der Waals surface area contributed by atoms with Crippen molar-refractivity contribution in [3.63, 3.8) is 0 Å². The molecule has 1 aromatic heterocycles. The van der Waals surface area contributed by atoms with Crippen molar-refractivity contribution in [3.8, 4) is 0 Å². The van der Waals surface area contributed by atoms with Gasteiger partial charge >= 0.3 is 0 Å². The topological polar surface area (TPSA) is 64.4 Å². The van der Waals surface area contributed by atoms with E-state index in [2.05, 4.69) is 16.1 Å². The summed E-state index contributed by atoms with van der Waals surface area (Å²) in [4.78, 5) is 8.80. The first-order chi connectivity index (χ1) is 9.34. The second-order valence-electron chi connectivity index (χ2n) is 4.42. The minimum atomic E-state index is 0.546. The van der Waals surface area contributed by atoms with Crippen LogP contribution in [0.2, 0.25) is 0 Å². The van der Waals surface area contributed by atoms with Gasteiger partial charge in [0.2, 0.25) is 11.8 Å². The van der Waals surface area contributed by atoms with E-state index in [0.29, 0.717) is 17.5 Å². The lowest BCUT2D eigenvalue weighted by atomic mass is 10.2. The second kappa shape index (κ2) is 5.10. The largest absolute Gasteiger partial charge is 0.418 e. The molecule has 1 aliphatic carbocycles. The molecule has 3 rings (SSSR count). The van der Waals surface area contributed by atoms with Crippen LogP contribution >= 0.6 is 0 Å². The van der Waals surface area contributed by atoms with Gasteiger partial charge in [-0.05, 0) is 31.4 Å². The van der Waals surface area contributed by atoms with Gasteiger partial charge in [0.1, 0.15) is 5.69 Å². The average Bonchev–Trinajstić information content (AvgIpc) is 2.62. The Hall–Kier alpha value is -2.36. The monoisotopic (exact) mass is 253 g/mol. The molecule has 0 amide bonds. The van der Waals surface area contributed by atoms with Crippen LogP contribution in [-0.4, -0.2) is 11.2 Å². The average molecular weight is 253 g/mol. The number of hydrogen-bond acceptors (Lipinski definition) is 4. The predicted octanol–water partition coefficient (Wildman–Crippen LogP) is 3.07. The Balaban J connectivity index is 2.01. The van der Waals surface area contributed by atoms with E-state index in [1.54, 1.807) is 6.21 Å². The number of rotatable bonds is 1. The lowest BCUT2D eigenvalue weighted by Gasteiger charge is -2.00. The fourth-order valence-electron chi connectivity index (χ4n) is 2.05. The van der Waals surface area contributed by atoms with Crippen molar-refractivity contribution in [1.29, 1.82) is 0 Å². The highest BCUT2D eigenvalue weighted by Crippen LogP contribution is 2.29. The van der Waals surface area contributed by atoms with Crippen LogP contribution in [0, 0.1) is 0 Å². The molecule has 2 N–H and O–H groups in total. The summed E-state index contributed by atoms with van der Waals surface area (Å²) in [7, 11) is 0. The van der Waals surface area contributed by atoms with Crippen LogP contribution in [0.5, 0.6) is 0 Å². The molecular formula is C15H15N3O. The zero-order valence-electron chi connectivity index (χ0n) is 10.5. The summed E-state index contributed by atoms with van der Waals surface area (Å²) in [5.74, 6) is 1.13. The molecule has 0 spiro atoms. The number of oxazole rings is 1. The number of allylic oxidation sites excluding steroid dienone is 7. The summed E-state index contributed by atoms with van der Waals surface area (Å²) in [6.45, 7) is 0. The van der Waals surface area contributed by atoms with Crippen LogP contribution < -0.4 is 5.73 Å². The number of hydrogen-bond donors (Lipinski definition) is 1. The second-order valence-corrected chi connectivity index (χ2v) is 4.42. The molecule has 0 saturated carbocycles. The molecule has 4 nitrogen and oxygen atoms in total. The van der Waals surface area contributed by atoms with E-state index in [-0.39, 0.29) is 0 Å². The number of aliphatic imine (C=N–C) groups is 1. The maximum Gasteiger partial charge on any atom is 0.243 e. The summed E-state index contributed by atoms with van der Waals surface area (Å²) in [6.07, 6.45) is 16.2. The minimum absolute atomic E-state index is 0.546. The highest BCUT2D eigenvalue weighted by Gasteiger charge is 2.17. The molecule has 1 aliphatic heterocycles. The first kappa shape index (κ1) is 11.7. The van der Waals surface area contributed by atoms with Gasteiger partial charge in [0, 0.05) is 11.9 Å². The number of nitrogens with zero attached hydrogens (tertiary/aromatic N) is 2. The Morgan fingerprint density at radius 1 is 1.21 bits per heavy atom. The molecule has 1 aromatic rings. The quantitative estimate of drug-likeness (QED) is 0.836. The van der Waals surface area contributed by atoms with Crippen molar-refractivity contribution in [3.05, 3.63) is 53.7 Å². The van der Waals surface area contributed by atoms with Crippen molar-refractivity contribution < 1.29 is 4.42 Å². The molecule has 0 saturated heterocycles. The number of fused-ring (bicyclic) bond motifs is 1. The molecular weight excluding hydrogens is 238 g/mol. The maximum atomic E-state index is 6.03. The van der Waals surface area contributed by atoms with Gasteiger partial charge in [-0.1, -0.05) is 24.3 Å². The van der Waals surface area contributed by atoms with Gasteiger partial charge in [0.05, 0.1) is 5.57 Å². The van der Waals surface area contributed by atoms with Gasteiger partial charge in [-0.25, -0.2) is 9.98 Å². The summed E-state index contributed by atoms with van der Waals surface area (Å²) in [6, 6.07) is 0. The van der Waals surface area contributed by atoms with E-state index < -0.39 is 0 Å². The van der Waals surface area contributed by atoms with E-state index in [9.17, 15) is 0 Å². The highest BCUT2D eigenvalue weighted by molar-refractivity contribution is 5.77. The van der Waals surface area contributed by atoms with Crippen LogP contribution in [0.25, 0.3) is 5.57 Å². The zero-order chi connectivity index (χ0) is 13.1. The van der Waals surface area contributed by atoms with Gasteiger partial charge in [0.25, 0.3) is 0 Å². The zero-order valence-corrected chi connectivity index (χ0v) is 10.5. The Morgan fingerprint density at radius 3 is 3.11 bits per heavy atom. The van der Waals surface area contributed by atoms with Gasteiger partial charge in [-0.2, -0.15) is 0 Å². The van der Waals surface area contributed by atoms with Crippen molar-refractivity contribution >= 4 is 17.7 Å². The maximum absolute atomic E-state index is 6.03. The van der Waals surface area contributed by atoms with Crippen molar-refractivity contribution in [2.75, 3.05) is 0 Å². The van der Waals surface area contributed by atoms with Gasteiger partial charge < -0.3 is 10.2 Å². The van der Waals surface area contributed by atoms with Gasteiger partial charge in [-0.15, -0.1) is 0 Å². The number of aromatic nitrogens is 1. The van der Waals surface area contributed by atoms with E-state index in [1.165, 1.54) is 0 Å². The van der Waals surface area contributed by atoms with E-state index in [4.69, 9.17) is 10.2 Å². The number of aryl methyl sites for hydroxylation is 1. The summed E-state index contributed by atoms with van der Waals surface area (Å²) in [5.41, 5.74) is 8.44. The van der Waals surface area contributed by atoms with Crippen LogP contribution in [0.3, 0.4) is 0 Å². The van der Waals surface area contributed by atoms with Crippen LogP contribution in [0.1, 0.15) is 24.4 Å². The smallest absolute Gasteiger partial charge is 0.243 e. The lowest BCUT2D eigenvalue weighted by Crippen LogP contribution is -2.00. The molecule has 0 fully saturated rings. The predicted molar refractivity (Wildman–Crippen MR) is 76.1 cm³/mol. The Morgan fingerprint density at radius 2 is 2.16 bits per heavy atom. The summed E-state index contributed by atoms with van der Waals surface area (Å²) >= 11 is 0. The van der Waals surface area contributed by atoms with E-state index >= 15 is 0 Å². The Bertz CT molecular complexity index is 630. The molecule has 2 heterocycles. The number of nitrogens with two attached hydrogens (primary N) is 1. The molecule has 2 aliphatic rings. The fraction of sp³-hybridized carbons (Fsp3) is 0.200. The third-order valence-corrected chi connectivity index (χ3v) is 3.05. The van der Waals surface area contributed by atoms with Crippen LogP contribution in [-0.2, 0) is 6.42 Å². The third-order valence-electron chi connectivity index (χ3n) is 3.05. The molecule has 0 aromatic carbocycles. The highest BCUT2D eigenvalue weighted by atomic mass is 16.4. The van der Waals surface area contributed by atoms with Crippen LogP contribution in [0.15, 0.2) is 51.6 Å². The van der Waals surface area contributed by atoms with E-state index in [0.717, 1.165) is 30.5 Å². The van der Waals surface area contributed by atoms with Gasteiger partial charge in [0.15, 0.2) is 0 Å². The molecule has 19 heavy (non-hydrogen) atoms. The standard InChI is InChI=1S/C15H15N3O/c16-12-8-4-1-3-7-11(12)14-18-13-9-5-2-6-10-17-15(13)19-14/h1-3,6-8,10H,4-5,9,16H2/b6-2-,17-10-. The minimum Gasteiger partial charge on any atom is -0.418 e. The van der Waals surface area contributed by atoms with Gasteiger partial charge in [-0.3, -0.25) is 0 Å². The molecule has 4 heteroatoms. The lowest BCUT2D eigenvalue weighted by molar-refractivity contribution is 0.552. The molecule has 96 valence electrons. The molecule has 0 unspecified atom stereocenters. The fourth-order valence-corrected chi connectivity index (χ4v) is 2.05. The third kappa shape index (κ3) is 2.42. The first-order valence-corrected chi connectivity index (χ1v) is 6.36. The van der Waals surface area contributed by atoms with Crippen molar-refractivity contribution in [2.45, 2.75) is 19.3 Å². The van der Waals surface area contributed by atoms with Crippen LogP contribution in [0.4, 0.5) is 5.88 Å². The van der Waals surface area contributed by atoms with Crippen molar-refractivity contribution in [2.24, 2.45) is 10.7 Å². The van der Waals surface area contributed by atoms with E-state index in [1.807, 2.05) is 30.4 Å². The van der Waals surface area contributed by atoms with Crippen molar-refractivity contribution in [1.82, 2.24) is 4.98 Å². The molecule has 0 atom stereocenters. The first-order valence-electron chi connectivity index (χ1n) is 6.36.